The van der Waals surface area contributed by atoms with Gasteiger partial charge >= 0.3 is 0 Å². The van der Waals surface area contributed by atoms with Gasteiger partial charge in [-0.25, -0.2) is 14.4 Å². The summed E-state index contributed by atoms with van der Waals surface area (Å²) in [4.78, 5) is 9.69. The van der Waals surface area contributed by atoms with Crippen molar-refractivity contribution in [2.75, 3.05) is 18.1 Å². The summed E-state index contributed by atoms with van der Waals surface area (Å²) in [5.74, 6) is 0.0662. The fourth-order valence-corrected chi connectivity index (χ4v) is 1.74. The third-order valence-corrected chi connectivity index (χ3v) is 2.45. The van der Waals surface area contributed by atoms with Gasteiger partial charge in [0.25, 0.3) is 0 Å². The van der Waals surface area contributed by atoms with Crippen LogP contribution in [0.3, 0.4) is 0 Å². The SMILES string of the molecule is OC[C@@H]1CCCN1c1ncc(F)cn1. The average molecular weight is 197 g/mol. The molecule has 1 aromatic heterocycles. The minimum Gasteiger partial charge on any atom is -0.394 e. The van der Waals surface area contributed by atoms with Gasteiger partial charge in [0.1, 0.15) is 0 Å². The van der Waals surface area contributed by atoms with Crippen molar-refractivity contribution in [1.82, 2.24) is 9.97 Å². The Balaban J connectivity index is 2.17. The first kappa shape index (κ1) is 9.33. The second kappa shape index (κ2) is 3.88. The zero-order chi connectivity index (χ0) is 9.97. The number of rotatable bonds is 2. The van der Waals surface area contributed by atoms with Gasteiger partial charge in [0.15, 0.2) is 5.82 Å². The standard InChI is InChI=1S/C9H12FN3O/c10-7-4-11-9(12-5-7)13-3-1-2-8(13)6-14/h4-5,8,14H,1-3,6H2/t8-/m0/s1. The van der Waals surface area contributed by atoms with Gasteiger partial charge in [0, 0.05) is 6.54 Å². The molecule has 5 heteroatoms. The molecular formula is C9H12FN3O. The van der Waals surface area contributed by atoms with Crippen LogP contribution in [0.4, 0.5) is 10.3 Å². The van der Waals surface area contributed by atoms with Gasteiger partial charge in [0.05, 0.1) is 25.0 Å². The van der Waals surface area contributed by atoms with Gasteiger partial charge < -0.3 is 10.0 Å². The minimum atomic E-state index is -0.437. The molecule has 14 heavy (non-hydrogen) atoms. The van der Waals surface area contributed by atoms with Gasteiger partial charge in [-0.1, -0.05) is 0 Å². The maximum Gasteiger partial charge on any atom is 0.225 e. The van der Waals surface area contributed by atoms with Crippen LogP contribution in [0, 0.1) is 5.82 Å². The average Bonchev–Trinajstić information content (AvgIpc) is 2.67. The van der Waals surface area contributed by atoms with Gasteiger partial charge in [-0.2, -0.15) is 0 Å². The van der Waals surface area contributed by atoms with Crippen LogP contribution in [0.5, 0.6) is 0 Å². The molecule has 0 aromatic carbocycles. The van der Waals surface area contributed by atoms with Gasteiger partial charge in [0.2, 0.25) is 5.95 Å². The fourth-order valence-electron chi connectivity index (χ4n) is 1.74. The number of aromatic nitrogens is 2. The van der Waals surface area contributed by atoms with Crippen LogP contribution in [0.2, 0.25) is 0 Å². The van der Waals surface area contributed by atoms with Crippen molar-refractivity contribution in [3.05, 3.63) is 18.2 Å². The topological polar surface area (TPSA) is 49.2 Å². The van der Waals surface area contributed by atoms with E-state index >= 15 is 0 Å². The molecule has 2 rings (SSSR count). The molecule has 1 fully saturated rings. The third kappa shape index (κ3) is 1.68. The van der Waals surface area contributed by atoms with Crippen molar-refractivity contribution >= 4 is 5.95 Å². The zero-order valence-electron chi connectivity index (χ0n) is 7.73. The first-order valence-electron chi connectivity index (χ1n) is 4.66. The predicted octanol–water partition coefficient (Wildman–Crippen LogP) is 0.577. The molecule has 2 heterocycles. The normalized spacial score (nSPS) is 21.6. The maximum atomic E-state index is 12.6. The van der Waals surface area contributed by atoms with E-state index < -0.39 is 5.82 Å². The second-order valence-electron chi connectivity index (χ2n) is 3.37. The number of nitrogens with zero attached hydrogens (tertiary/aromatic N) is 3. The molecule has 0 bridgehead atoms. The Hall–Kier alpha value is -1.23. The van der Waals surface area contributed by atoms with Gasteiger partial charge in [-0.05, 0) is 12.8 Å². The van der Waals surface area contributed by atoms with Gasteiger partial charge in [-0.3, -0.25) is 0 Å². The van der Waals surface area contributed by atoms with Crippen molar-refractivity contribution in [1.29, 1.82) is 0 Å². The molecule has 1 saturated heterocycles. The van der Waals surface area contributed by atoms with E-state index in [2.05, 4.69) is 9.97 Å². The Morgan fingerprint density at radius 2 is 2.21 bits per heavy atom. The Kier molecular flexibility index (Phi) is 2.58. The van der Waals surface area contributed by atoms with Crippen LogP contribution in [0.1, 0.15) is 12.8 Å². The van der Waals surface area contributed by atoms with Crippen molar-refractivity contribution in [2.45, 2.75) is 18.9 Å². The summed E-state index contributed by atoms with van der Waals surface area (Å²) >= 11 is 0. The van der Waals surface area contributed by atoms with E-state index in [1.807, 2.05) is 4.90 Å². The van der Waals surface area contributed by atoms with Crippen molar-refractivity contribution in [3.8, 4) is 0 Å². The second-order valence-corrected chi connectivity index (χ2v) is 3.37. The highest BCUT2D eigenvalue weighted by molar-refractivity contribution is 5.32. The Morgan fingerprint density at radius 3 is 2.86 bits per heavy atom. The van der Waals surface area contributed by atoms with Crippen LogP contribution in [0.15, 0.2) is 12.4 Å². The van der Waals surface area contributed by atoms with Crippen LogP contribution < -0.4 is 4.90 Å². The van der Waals surface area contributed by atoms with E-state index in [1.54, 1.807) is 0 Å². The van der Waals surface area contributed by atoms with E-state index in [0.717, 1.165) is 31.8 Å². The zero-order valence-corrected chi connectivity index (χ0v) is 7.73. The molecule has 0 aliphatic carbocycles. The first-order valence-corrected chi connectivity index (χ1v) is 4.66. The molecule has 0 unspecified atom stereocenters. The minimum absolute atomic E-state index is 0.0838. The fraction of sp³-hybridized carbons (Fsp3) is 0.556. The predicted molar refractivity (Wildman–Crippen MR) is 49.4 cm³/mol. The molecule has 1 atom stereocenters. The van der Waals surface area contributed by atoms with E-state index in [1.165, 1.54) is 0 Å². The molecule has 0 spiro atoms. The third-order valence-electron chi connectivity index (χ3n) is 2.45. The van der Waals surface area contributed by atoms with Gasteiger partial charge in [-0.15, -0.1) is 0 Å². The molecule has 0 amide bonds. The van der Waals surface area contributed by atoms with E-state index in [4.69, 9.17) is 5.11 Å². The molecule has 1 N–H and O–H groups in total. The van der Waals surface area contributed by atoms with Crippen molar-refractivity contribution in [3.63, 3.8) is 0 Å². The highest BCUT2D eigenvalue weighted by Crippen LogP contribution is 2.21. The first-order chi connectivity index (χ1) is 6.81. The summed E-state index contributed by atoms with van der Waals surface area (Å²) in [5.41, 5.74) is 0. The monoisotopic (exact) mass is 197 g/mol. The number of hydrogen-bond donors (Lipinski definition) is 1. The van der Waals surface area contributed by atoms with Crippen molar-refractivity contribution in [2.24, 2.45) is 0 Å². The summed E-state index contributed by atoms with van der Waals surface area (Å²) in [6, 6.07) is 0.0838. The number of aliphatic hydroxyl groups excluding tert-OH is 1. The highest BCUT2D eigenvalue weighted by atomic mass is 19.1. The Morgan fingerprint density at radius 1 is 1.50 bits per heavy atom. The lowest BCUT2D eigenvalue weighted by molar-refractivity contribution is 0.265. The van der Waals surface area contributed by atoms with Crippen LogP contribution in [0.25, 0.3) is 0 Å². The summed E-state index contributed by atoms with van der Waals surface area (Å²) in [6.45, 7) is 0.928. The highest BCUT2D eigenvalue weighted by Gasteiger charge is 2.25. The molecule has 1 aromatic rings. The van der Waals surface area contributed by atoms with E-state index in [-0.39, 0.29) is 12.6 Å². The molecule has 4 nitrogen and oxygen atoms in total. The Labute approximate surface area is 81.4 Å². The molecule has 1 aliphatic rings. The quantitative estimate of drug-likeness (QED) is 0.753. The molecular weight excluding hydrogens is 185 g/mol. The Bertz CT molecular complexity index is 303. The number of hydrogen-bond acceptors (Lipinski definition) is 4. The smallest absolute Gasteiger partial charge is 0.225 e. The summed E-state index contributed by atoms with van der Waals surface area (Å²) in [6.07, 6.45) is 4.26. The summed E-state index contributed by atoms with van der Waals surface area (Å²) < 4.78 is 12.6. The van der Waals surface area contributed by atoms with Crippen LogP contribution in [-0.4, -0.2) is 34.3 Å². The molecule has 1 aliphatic heterocycles. The molecule has 0 radical (unpaired) electrons. The van der Waals surface area contributed by atoms with Crippen LogP contribution in [-0.2, 0) is 0 Å². The lowest BCUT2D eigenvalue weighted by Crippen LogP contribution is -2.33. The summed E-state index contributed by atoms with van der Waals surface area (Å²) in [5, 5.41) is 9.08. The number of aliphatic hydroxyl groups is 1. The number of halogens is 1. The van der Waals surface area contributed by atoms with Crippen molar-refractivity contribution < 1.29 is 9.50 Å². The number of anilines is 1. The largest absolute Gasteiger partial charge is 0.394 e. The van der Waals surface area contributed by atoms with E-state index in [0.29, 0.717) is 5.95 Å². The molecule has 76 valence electrons. The maximum absolute atomic E-state index is 12.6. The lowest BCUT2D eigenvalue weighted by atomic mass is 10.2. The summed E-state index contributed by atoms with van der Waals surface area (Å²) in [7, 11) is 0. The lowest BCUT2D eigenvalue weighted by Gasteiger charge is -2.22. The molecule has 0 saturated carbocycles. The van der Waals surface area contributed by atoms with E-state index in [9.17, 15) is 4.39 Å². The van der Waals surface area contributed by atoms with Crippen LogP contribution >= 0.6 is 0 Å².